The average Bonchev–Trinajstić information content (AvgIpc) is 2.84. The molecule has 0 unspecified atom stereocenters. The zero-order valence-corrected chi connectivity index (χ0v) is 21.7. The fourth-order valence-electron chi connectivity index (χ4n) is 3.50. The molecular weight excluding hydrogens is 532 g/mol. The van der Waals surface area contributed by atoms with Crippen molar-refractivity contribution in [3.05, 3.63) is 71.8 Å². The van der Waals surface area contributed by atoms with Crippen LogP contribution < -0.4 is 0 Å². The summed E-state index contributed by atoms with van der Waals surface area (Å²) in [7, 11) is -7.01. The first-order valence-electron chi connectivity index (χ1n) is 10.8. The van der Waals surface area contributed by atoms with Crippen LogP contribution in [0.15, 0.2) is 60.7 Å². The van der Waals surface area contributed by atoms with Gasteiger partial charge in [0.15, 0.2) is 18.5 Å². The molecule has 0 N–H and O–H groups in total. The first-order valence-corrected chi connectivity index (χ1v) is 14.4. The minimum absolute atomic E-state index is 0.109. The number of hydrogen-bond acceptors (Lipinski definition) is 12. The van der Waals surface area contributed by atoms with E-state index in [-0.39, 0.29) is 11.1 Å². The predicted molar refractivity (Wildman–Crippen MR) is 127 cm³/mol. The number of esters is 2. The third-order valence-corrected chi connectivity index (χ3v) is 6.20. The first-order chi connectivity index (χ1) is 17.4. The van der Waals surface area contributed by atoms with E-state index in [1.807, 2.05) is 0 Å². The predicted octanol–water partition coefficient (Wildman–Crippen LogP) is 1.13. The number of rotatable bonds is 10. The number of benzene rings is 2. The average molecular weight is 559 g/mol. The summed E-state index contributed by atoms with van der Waals surface area (Å²) in [5, 5.41) is 0. The molecule has 5 atom stereocenters. The third kappa shape index (κ3) is 8.31. The van der Waals surface area contributed by atoms with E-state index in [9.17, 15) is 26.4 Å². The molecule has 12 nitrogen and oxygen atoms in total. The molecule has 1 fully saturated rings. The molecule has 1 heterocycles. The maximum atomic E-state index is 13.0. The van der Waals surface area contributed by atoms with Crippen molar-refractivity contribution in [2.24, 2.45) is 0 Å². The second kappa shape index (κ2) is 12.1. The molecule has 0 radical (unpaired) electrons. The Morgan fingerprint density at radius 2 is 1.24 bits per heavy atom. The highest BCUT2D eigenvalue weighted by Crippen LogP contribution is 2.31. The van der Waals surface area contributed by atoms with Crippen LogP contribution in [0.2, 0.25) is 0 Å². The van der Waals surface area contributed by atoms with Crippen LogP contribution >= 0.6 is 0 Å². The molecule has 0 amide bonds. The van der Waals surface area contributed by atoms with Crippen LogP contribution in [0.25, 0.3) is 0 Å². The lowest BCUT2D eigenvalue weighted by Gasteiger charge is -2.43. The Bertz CT molecular complexity index is 1280. The molecule has 0 spiro atoms. The summed E-state index contributed by atoms with van der Waals surface area (Å²) in [6.45, 7) is -0.711. The van der Waals surface area contributed by atoms with E-state index in [1.165, 1.54) is 31.4 Å². The van der Waals surface area contributed by atoms with E-state index in [0.29, 0.717) is 0 Å². The molecule has 1 aliphatic heterocycles. The topological polar surface area (TPSA) is 158 Å². The van der Waals surface area contributed by atoms with E-state index in [0.717, 1.165) is 12.5 Å². The van der Waals surface area contributed by atoms with E-state index in [2.05, 4.69) is 0 Å². The highest BCUT2D eigenvalue weighted by atomic mass is 32.2. The fraction of sp³-hybridized carbons (Fsp3) is 0.391. The second-order valence-corrected chi connectivity index (χ2v) is 11.2. The Morgan fingerprint density at radius 3 is 1.68 bits per heavy atom. The largest absolute Gasteiger partial charge is 0.452 e. The van der Waals surface area contributed by atoms with E-state index in [1.54, 1.807) is 36.4 Å². The van der Waals surface area contributed by atoms with Crippen LogP contribution in [0.4, 0.5) is 0 Å². The number of hydrogen-bond donors (Lipinski definition) is 0. The van der Waals surface area contributed by atoms with Crippen molar-refractivity contribution < 1.29 is 53.7 Å². The normalized spacial score (nSPS) is 24.2. The van der Waals surface area contributed by atoms with Crippen LogP contribution in [-0.4, -0.2) is 85.7 Å². The molecule has 3 rings (SSSR count). The zero-order chi connectivity index (χ0) is 27.2. The van der Waals surface area contributed by atoms with Crippen molar-refractivity contribution in [2.45, 2.75) is 30.7 Å². The molecule has 202 valence electrons. The van der Waals surface area contributed by atoms with E-state index < -0.39 is 69.5 Å². The van der Waals surface area contributed by atoms with Crippen LogP contribution in [0.3, 0.4) is 0 Å². The van der Waals surface area contributed by atoms with Gasteiger partial charge in [0, 0.05) is 7.11 Å². The Labute approximate surface area is 214 Å². The van der Waals surface area contributed by atoms with Crippen LogP contribution in [0.1, 0.15) is 20.7 Å². The molecule has 1 aliphatic rings. The van der Waals surface area contributed by atoms with Gasteiger partial charge in [0.1, 0.15) is 12.2 Å². The molecule has 1 saturated heterocycles. The van der Waals surface area contributed by atoms with Crippen molar-refractivity contribution in [1.82, 2.24) is 0 Å². The van der Waals surface area contributed by atoms with Gasteiger partial charge >= 0.3 is 11.9 Å². The molecule has 0 bridgehead atoms. The maximum absolute atomic E-state index is 13.0. The summed E-state index contributed by atoms with van der Waals surface area (Å²) in [5.41, 5.74) is 0.256. The second-order valence-electron chi connectivity index (χ2n) is 8.00. The number of ether oxygens (including phenoxy) is 4. The smallest absolute Gasteiger partial charge is 0.338 e. The summed E-state index contributed by atoms with van der Waals surface area (Å²) < 4.78 is 79.6. The summed E-state index contributed by atoms with van der Waals surface area (Å²) in [6.07, 6.45) is -6.15. The monoisotopic (exact) mass is 558 g/mol. The first kappa shape index (κ1) is 28.7. The SMILES string of the molecule is CO[C@H]1O[C@H](COS(C)(=O)=O)[C@@H](OS(C)(=O)=O)[C@H](OC(=O)c2ccccc2)[C@H]1OC(=O)c1ccccc1. The molecule has 2 aromatic rings. The van der Waals surface area contributed by atoms with Crippen molar-refractivity contribution in [3.8, 4) is 0 Å². The minimum atomic E-state index is -4.23. The van der Waals surface area contributed by atoms with E-state index >= 15 is 0 Å². The Morgan fingerprint density at radius 1 is 0.757 bits per heavy atom. The highest BCUT2D eigenvalue weighted by Gasteiger charge is 2.53. The Hall–Kier alpha value is -2.88. The van der Waals surface area contributed by atoms with Crippen LogP contribution in [-0.2, 0) is 47.5 Å². The lowest BCUT2D eigenvalue weighted by Crippen LogP contribution is -2.62. The quantitative estimate of drug-likeness (QED) is 0.303. The van der Waals surface area contributed by atoms with Gasteiger partial charge in [0.25, 0.3) is 20.2 Å². The van der Waals surface area contributed by atoms with Gasteiger partial charge in [-0.1, -0.05) is 36.4 Å². The molecule has 0 aromatic heterocycles. The molecule has 2 aromatic carbocycles. The van der Waals surface area contributed by atoms with Gasteiger partial charge in [-0.25, -0.2) is 9.59 Å². The summed E-state index contributed by atoms with van der Waals surface area (Å²) in [6, 6.07) is 15.6. The van der Waals surface area contributed by atoms with Crippen molar-refractivity contribution in [3.63, 3.8) is 0 Å². The lowest BCUT2D eigenvalue weighted by atomic mass is 9.98. The van der Waals surface area contributed by atoms with Gasteiger partial charge < -0.3 is 18.9 Å². The number of methoxy groups -OCH3 is 1. The molecule has 0 aliphatic carbocycles. The van der Waals surface area contributed by atoms with Gasteiger partial charge in [-0.2, -0.15) is 16.8 Å². The molecular formula is C23H26O12S2. The highest BCUT2D eigenvalue weighted by molar-refractivity contribution is 7.86. The van der Waals surface area contributed by atoms with Gasteiger partial charge in [-0.15, -0.1) is 0 Å². The fourth-order valence-corrected chi connectivity index (χ4v) is 4.52. The molecule has 0 saturated carbocycles. The number of carbonyl (C=O) groups is 2. The number of carbonyl (C=O) groups excluding carboxylic acids is 2. The lowest BCUT2D eigenvalue weighted by molar-refractivity contribution is -0.286. The maximum Gasteiger partial charge on any atom is 0.338 e. The minimum Gasteiger partial charge on any atom is -0.452 e. The van der Waals surface area contributed by atoms with E-state index in [4.69, 9.17) is 27.3 Å². The Kier molecular flexibility index (Phi) is 9.39. The standard InChI is InChI=1S/C23H26O12S2/c1-30-23-20(34-22(25)16-12-8-5-9-13-16)19(33-21(24)15-10-6-4-7-11-15)18(35-37(3,28)29)17(32-23)14-31-36(2,26)27/h4-13,17-20,23H,14H2,1-3H3/t17-,18-,19+,20-,23+/m1/s1. The van der Waals surface area contributed by atoms with Gasteiger partial charge in [-0.05, 0) is 24.3 Å². The Balaban J connectivity index is 2.03. The third-order valence-electron chi connectivity index (χ3n) is 5.06. The zero-order valence-electron chi connectivity index (χ0n) is 20.1. The van der Waals surface area contributed by atoms with Crippen molar-refractivity contribution in [1.29, 1.82) is 0 Å². The molecule has 37 heavy (non-hydrogen) atoms. The summed E-state index contributed by atoms with van der Waals surface area (Å²) in [4.78, 5) is 25.8. The van der Waals surface area contributed by atoms with Gasteiger partial charge in [0.05, 0.1) is 30.2 Å². The summed E-state index contributed by atoms with van der Waals surface area (Å²) >= 11 is 0. The van der Waals surface area contributed by atoms with Crippen molar-refractivity contribution in [2.75, 3.05) is 26.2 Å². The van der Waals surface area contributed by atoms with Crippen LogP contribution in [0.5, 0.6) is 0 Å². The van der Waals surface area contributed by atoms with Gasteiger partial charge in [0.2, 0.25) is 0 Å². The molecule has 14 heteroatoms. The summed E-state index contributed by atoms with van der Waals surface area (Å²) in [5.74, 6) is -1.74. The van der Waals surface area contributed by atoms with Crippen molar-refractivity contribution >= 4 is 32.2 Å². The van der Waals surface area contributed by atoms with Gasteiger partial charge in [-0.3, -0.25) is 8.37 Å². The van der Waals surface area contributed by atoms with Crippen LogP contribution in [0, 0.1) is 0 Å².